The van der Waals surface area contributed by atoms with Crippen molar-refractivity contribution in [2.45, 2.75) is 20.0 Å². The molecule has 4 nitrogen and oxygen atoms in total. The number of nitrogens with one attached hydrogen (secondary N) is 2. The lowest BCUT2D eigenvalue weighted by molar-refractivity contribution is 0.501. The molecule has 0 fully saturated rings. The molecule has 0 amide bonds. The van der Waals surface area contributed by atoms with Crippen molar-refractivity contribution in [1.29, 1.82) is 0 Å². The molecule has 0 atom stereocenters. The van der Waals surface area contributed by atoms with Gasteiger partial charge in [-0.05, 0) is 30.7 Å². The van der Waals surface area contributed by atoms with Gasteiger partial charge in [-0.25, -0.2) is 4.99 Å². The van der Waals surface area contributed by atoms with E-state index < -0.39 is 0 Å². The Kier molecular flexibility index (Phi) is 5.50. The zero-order chi connectivity index (χ0) is 14.2. The summed E-state index contributed by atoms with van der Waals surface area (Å²) in [4.78, 5) is 4.51. The second kappa shape index (κ2) is 7.60. The van der Waals surface area contributed by atoms with E-state index >= 15 is 0 Å². The predicted molar refractivity (Wildman–Crippen MR) is 81.8 cm³/mol. The van der Waals surface area contributed by atoms with Crippen LogP contribution in [-0.4, -0.2) is 12.5 Å². The number of aliphatic imine (C=N–C) groups is 1. The van der Waals surface area contributed by atoms with E-state index in [4.69, 9.17) is 16.0 Å². The van der Waals surface area contributed by atoms with E-state index in [9.17, 15) is 0 Å². The molecule has 20 heavy (non-hydrogen) atoms. The average molecular weight is 292 g/mol. The third kappa shape index (κ3) is 4.31. The molecule has 0 aliphatic heterocycles. The summed E-state index contributed by atoms with van der Waals surface area (Å²) in [6.45, 7) is 3.96. The number of halogens is 1. The molecule has 0 aliphatic rings. The quantitative estimate of drug-likeness (QED) is 0.657. The van der Waals surface area contributed by atoms with Gasteiger partial charge in [-0.15, -0.1) is 0 Å². The van der Waals surface area contributed by atoms with Crippen molar-refractivity contribution in [2.75, 3.05) is 6.54 Å². The van der Waals surface area contributed by atoms with Crippen LogP contribution in [-0.2, 0) is 13.1 Å². The van der Waals surface area contributed by atoms with E-state index in [-0.39, 0.29) is 0 Å². The molecule has 0 radical (unpaired) electrons. The van der Waals surface area contributed by atoms with E-state index in [2.05, 4.69) is 15.6 Å². The summed E-state index contributed by atoms with van der Waals surface area (Å²) in [6.07, 6.45) is 1.66. The van der Waals surface area contributed by atoms with Gasteiger partial charge in [0.2, 0.25) is 0 Å². The maximum atomic E-state index is 6.12. The fourth-order valence-corrected chi connectivity index (χ4v) is 1.91. The highest BCUT2D eigenvalue weighted by Gasteiger charge is 2.01. The number of hydrogen-bond donors (Lipinski definition) is 2. The molecule has 2 rings (SSSR count). The lowest BCUT2D eigenvalue weighted by Crippen LogP contribution is -2.36. The van der Waals surface area contributed by atoms with Crippen molar-refractivity contribution in [3.05, 3.63) is 59.0 Å². The first-order valence-electron chi connectivity index (χ1n) is 6.57. The number of furan rings is 1. The van der Waals surface area contributed by atoms with Gasteiger partial charge in [0, 0.05) is 11.6 Å². The summed E-state index contributed by atoms with van der Waals surface area (Å²) in [5.74, 6) is 1.61. The Morgan fingerprint density at radius 1 is 1.20 bits per heavy atom. The molecule has 0 saturated heterocycles. The van der Waals surface area contributed by atoms with E-state index in [1.54, 1.807) is 6.26 Å². The van der Waals surface area contributed by atoms with Gasteiger partial charge in [-0.3, -0.25) is 0 Å². The van der Waals surface area contributed by atoms with Crippen LogP contribution in [0.25, 0.3) is 0 Å². The minimum absolute atomic E-state index is 0.535. The van der Waals surface area contributed by atoms with Gasteiger partial charge < -0.3 is 15.1 Å². The molecule has 1 heterocycles. The molecule has 1 aromatic carbocycles. The van der Waals surface area contributed by atoms with Crippen LogP contribution in [0.2, 0.25) is 5.02 Å². The number of rotatable bonds is 5. The highest BCUT2D eigenvalue weighted by atomic mass is 35.5. The second-order valence-electron chi connectivity index (χ2n) is 4.22. The molecular weight excluding hydrogens is 274 g/mol. The van der Waals surface area contributed by atoms with Crippen molar-refractivity contribution in [2.24, 2.45) is 4.99 Å². The van der Waals surface area contributed by atoms with Crippen LogP contribution in [0.4, 0.5) is 0 Å². The van der Waals surface area contributed by atoms with Gasteiger partial charge in [-0.1, -0.05) is 29.8 Å². The fraction of sp³-hybridized carbons (Fsp3) is 0.267. The third-order valence-electron chi connectivity index (χ3n) is 2.72. The molecule has 0 bridgehead atoms. The van der Waals surface area contributed by atoms with E-state index in [0.29, 0.717) is 13.1 Å². The topological polar surface area (TPSA) is 49.6 Å². The molecule has 2 aromatic rings. The Bertz CT molecular complexity index is 552. The maximum Gasteiger partial charge on any atom is 0.191 e. The first-order valence-corrected chi connectivity index (χ1v) is 6.95. The SMILES string of the molecule is CCNC(=NCc1ccccc1Cl)NCc1ccco1. The van der Waals surface area contributed by atoms with Crippen molar-refractivity contribution < 1.29 is 4.42 Å². The Morgan fingerprint density at radius 3 is 2.75 bits per heavy atom. The zero-order valence-corrected chi connectivity index (χ0v) is 12.2. The summed E-state index contributed by atoms with van der Waals surface area (Å²) < 4.78 is 5.28. The monoisotopic (exact) mass is 291 g/mol. The third-order valence-corrected chi connectivity index (χ3v) is 3.09. The Morgan fingerprint density at radius 2 is 2.05 bits per heavy atom. The van der Waals surface area contributed by atoms with Gasteiger partial charge in [0.25, 0.3) is 0 Å². The van der Waals surface area contributed by atoms with E-state index in [0.717, 1.165) is 28.9 Å². The summed E-state index contributed by atoms with van der Waals surface area (Å²) in [6, 6.07) is 11.5. The van der Waals surface area contributed by atoms with Crippen LogP contribution in [0.5, 0.6) is 0 Å². The molecule has 2 N–H and O–H groups in total. The molecule has 5 heteroatoms. The van der Waals surface area contributed by atoms with Gasteiger partial charge in [0.05, 0.1) is 19.4 Å². The van der Waals surface area contributed by atoms with Crippen LogP contribution in [0.15, 0.2) is 52.1 Å². The highest BCUT2D eigenvalue weighted by molar-refractivity contribution is 6.31. The average Bonchev–Trinajstić information content (AvgIpc) is 2.97. The van der Waals surface area contributed by atoms with Crippen molar-refractivity contribution in [3.8, 4) is 0 Å². The van der Waals surface area contributed by atoms with Gasteiger partial charge in [-0.2, -0.15) is 0 Å². The maximum absolute atomic E-state index is 6.12. The lowest BCUT2D eigenvalue weighted by Gasteiger charge is -2.10. The number of benzene rings is 1. The fourth-order valence-electron chi connectivity index (χ4n) is 1.72. The standard InChI is InChI=1S/C15H18ClN3O/c1-2-17-15(19-11-13-7-5-9-20-13)18-10-12-6-3-4-8-14(12)16/h3-9H,2,10-11H2,1H3,(H2,17,18,19). The Hall–Kier alpha value is -1.94. The van der Waals surface area contributed by atoms with Crippen LogP contribution in [0, 0.1) is 0 Å². The summed E-state index contributed by atoms with van der Waals surface area (Å²) in [5, 5.41) is 7.14. The van der Waals surface area contributed by atoms with Crippen LogP contribution in [0.3, 0.4) is 0 Å². The zero-order valence-electron chi connectivity index (χ0n) is 11.4. The summed E-state index contributed by atoms with van der Waals surface area (Å²) in [7, 11) is 0. The minimum atomic E-state index is 0.535. The molecular formula is C15H18ClN3O. The van der Waals surface area contributed by atoms with Gasteiger partial charge in [0.15, 0.2) is 5.96 Å². The van der Waals surface area contributed by atoms with E-state index in [1.165, 1.54) is 0 Å². The largest absolute Gasteiger partial charge is 0.467 e. The van der Waals surface area contributed by atoms with Crippen LogP contribution in [0.1, 0.15) is 18.2 Å². The molecule has 0 aliphatic carbocycles. The van der Waals surface area contributed by atoms with Gasteiger partial charge in [0.1, 0.15) is 5.76 Å². The van der Waals surface area contributed by atoms with Crippen molar-refractivity contribution >= 4 is 17.6 Å². The molecule has 0 spiro atoms. The normalized spacial score (nSPS) is 11.4. The predicted octanol–water partition coefficient (Wildman–Crippen LogP) is 3.19. The Balaban J connectivity index is 1.96. The second-order valence-corrected chi connectivity index (χ2v) is 4.63. The van der Waals surface area contributed by atoms with Crippen molar-refractivity contribution in [3.63, 3.8) is 0 Å². The first-order chi connectivity index (χ1) is 9.79. The van der Waals surface area contributed by atoms with Crippen LogP contribution >= 0.6 is 11.6 Å². The Labute approximate surface area is 123 Å². The number of hydrogen-bond acceptors (Lipinski definition) is 2. The van der Waals surface area contributed by atoms with E-state index in [1.807, 2.05) is 43.3 Å². The molecule has 0 saturated carbocycles. The van der Waals surface area contributed by atoms with Crippen molar-refractivity contribution in [1.82, 2.24) is 10.6 Å². The van der Waals surface area contributed by atoms with Gasteiger partial charge >= 0.3 is 0 Å². The molecule has 106 valence electrons. The van der Waals surface area contributed by atoms with Crippen LogP contribution < -0.4 is 10.6 Å². The highest BCUT2D eigenvalue weighted by Crippen LogP contribution is 2.15. The summed E-state index contributed by atoms with van der Waals surface area (Å²) >= 11 is 6.12. The number of nitrogens with zero attached hydrogens (tertiary/aromatic N) is 1. The number of guanidine groups is 1. The summed E-state index contributed by atoms with van der Waals surface area (Å²) in [5.41, 5.74) is 1.00. The first kappa shape index (κ1) is 14.5. The minimum Gasteiger partial charge on any atom is -0.467 e. The molecule has 0 unspecified atom stereocenters. The lowest BCUT2D eigenvalue weighted by atomic mass is 10.2. The smallest absolute Gasteiger partial charge is 0.191 e. The molecule has 1 aromatic heterocycles.